The highest BCUT2D eigenvalue weighted by Crippen LogP contribution is 2.32. The summed E-state index contributed by atoms with van der Waals surface area (Å²) in [5, 5.41) is 8.69. The Balaban J connectivity index is 2.16. The van der Waals surface area contributed by atoms with Gasteiger partial charge in [0.1, 0.15) is 13.1 Å². The van der Waals surface area contributed by atoms with Crippen LogP contribution in [0.3, 0.4) is 0 Å². The highest BCUT2D eigenvalue weighted by Gasteiger charge is 2.26. The Morgan fingerprint density at radius 3 is 2.81 bits per heavy atom. The summed E-state index contributed by atoms with van der Waals surface area (Å²) in [6.07, 6.45) is 0. The molecule has 1 aliphatic heterocycles. The molecule has 1 heterocycles. The molecule has 1 aliphatic rings. The van der Waals surface area contributed by atoms with Gasteiger partial charge in [-0.3, -0.25) is 9.59 Å². The molecule has 1 amide bonds. The summed E-state index contributed by atoms with van der Waals surface area (Å²) in [6.45, 7) is 1.38. The van der Waals surface area contributed by atoms with Crippen molar-refractivity contribution in [2.24, 2.45) is 0 Å². The van der Waals surface area contributed by atoms with Crippen molar-refractivity contribution in [3.8, 4) is 5.75 Å². The molecule has 7 nitrogen and oxygen atoms in total. The van der Waals surface area contributed by atoms with Crippen molar-refractivity contribution in [1.82, 2.24) is 4.90 Å². The van der Waals surface area contributed by atoms with E-state index in [4.69, 9.17) is 9.84 Å². The molecule has 1 aromatic carbocycles. The smallest absolute Gasteiger partial charge is 0.331 e. The minimum Gasteiger partial charge on any atom is -0.480 e. The Labute approximate surface area is 121 Å². The Hall–Kier alpha value is -2.57. The second kappa shape index (κ2) is 5.82. The molecule has 112 valence electrons. The minimum atomic E-state index is -1.08. The van der Waals surface area contributed by atoms with Crippen LogP contribution in [0.5, 0.6) is 5.75 Å². The highest BCUT2D eigenvalue weighted by atomic mass is 16.5. The van der Waals surface area contributed by atoms with E-state index >= 15 is 0 Å². The first-order chi connectivity index (χ1) is 9.86. The fraction of sp³-hybridized carbons (Fsp3) is 0.357. The first kappa shape index (κ1) is 14.8. The maximum absolute atomic E-state index is 12.0. The Morgan fingerprint density at radius 2 is 2.14 bits per heavy atom. The minimum absolute atomic E-state index is 0.0390. The number of aliphatic carboxylic acids is 1. The van der Waals surface area contributed by atoms with Gasteiger partial charge in [0, 0.05) is 7.05 Å². The number of hydrogen-bond acceptors (Lipinski definition) is 5. The lowest BCUT2D eigenvalue weighted by Crippen LogP contribution is -2.45. The molecule has 0 atom stereocenters. The summed E-state index contributed by atoms with van der Waals surface area (Å²) >= 11 is 0. The number of carboxylic acid groups (broad SMARTS) is 1. The maximum atomic E-state index is 12.0. The number of fused-ring (bicyclic) bond motifs is 1. The van der Waals surface area contributed by atoms with Crippen LogP contribution in [0.2, 0.25) is 0 Å². The van der Waals surface area contributed by atoms with Crippen molar-refractivity contribution in [3.05, 3.63) is 23.8 Å². The van der Waals surface area contributed by atoms with Crippen LogP contribution in [-0.2, 0) is 14.4 Å². The van der Waals surface area contributed by atoms with Gasteiger partial charge in [0.15, 0.2) is 5.75 Å². The standard InChI is InChI=1S/C14H16N2O5/c1-9-3-4-10-11(5-9)21-14(20)8-16(10)6-12(17)15(2)7-13(18)19/h3-5H,6-8H2,1-2H3,(H,18,19). The van der Waals surface area contributed by atoms with E-state index < -0.39 is 11.9 Å². The van der Waals surface area contributed by atoms with Gasteiger partial charge in [0.25, 0.3) is 0 Å². The van der Waals surface area contributed by atoms with Crippen molar-refractivity contribution < 1.29 is 24.2 Å². The van der Waals surface area contributed by atoms with E-state index in [9.17, 15) is 14.4 Å². The summed E-state index contributed by atoms with van der Waals surface area (Å²) < 4.78 is 5.15. The molecular formula is C14H16N2O5. The number of likely N-dealkylation sites (N-methyl/N-ethyl adjacent to an activating group) is 1. The van der Waals surface area contributed by atoms with Crippen molar-refractivity contribution in [2.75, 3.05) is 31.6 Å². The zero-order valence-corrected chi connectivity index (χ0v) is 11.8. The second-order valence-electron chi connectivity index (χ2n) is 4.94. The van der Waals surface area contributed by atoms with E-state index in [0.717, 1.165) is 10.5 Å². The van der Waals surface area contributed by atoms with E-state index in [1.165, 1.54) is 7.05 Å². The number of benzene rings is 1. The van der Waals surface area contributed by atoms with Crippen molar-refractivity contribution in [1.29, 1.82) is 0 Å². The zero-order chi connectivity index (χ0) is 15.6. The fourth-order valence-electron chi connectivity index (χ4n) is 2.08. The highest BCUT2D eigenvalue weighted by molar-refractivity contribution is 5.90. The third-order valence-electron chi connectivity index (χ3n) is 3.12. The molecule has 1 N–H and O–H groups in total. The van der Waals surface area contributed by atoms with Gasteiger partial charge in [-0.25, -0.2) is 4.79 Å². The summed E-state index contributed by atoms with van der Waals surface area (Å²) in [6, 6.07) is 5.36. The second-order valence-corrected chi connectivity index (χ2v) is 4.94. The summed E-state index contributed by atoms with van der Waals surface area (Å²) in [7, 11) is 1.41. The largest absolute Gasteiger partial charge is 0.480 e. The van der Waals surface area contributed by atoms with Crippen LogP contribution in [-0.4, -0.2) is 54.5 Å². The van der Waals surface area contributed by atoms with Crippen LogP contribution >= 0.6 is 0 Å². The number of nitrogens with zero attached hydrogens (tertiary/aromatic N) is 2. The number of carboxylic acids is 1. The number of ether oxygens (including phenoxy) is 1. The number of aryl methyl sites for hydroxylation is 1. The topological polar surface area (TPSA) is 87.2 Å². The van der Waals surface area contributed by atoms with Crippen LogP contribution in [0.15, 0.2) is 18.2 Å². The number of rotatable bonds is 4. The Kier molecular flexibility index (Phi) is 4.11. The van der Waals surface area contributed by atoms with Gasteiger partial charge in [-0.15, -0.1) is 0 Å². The van der Waals surface area contributed by atoms with Gasteiger partial charge >= 0.3 is 11.9 Å². The fourth-order valence-corrected chi connectivity index (χ4v) is 2.08. The van der Waals surface area contributed by atoms with Crippen molar-refractivity contribution in [3.63, 3.8) is 0 Å². The lowest BCUT2D eigenvalue weighted by Gasteiger charge is -2.30. The van der Waals surface area contributed by atoms with Gasteiger partial charge in [0.05, 0.1) is 12.2 Å². The molecule has 0 saturated carbocycles. The molecular weight excluding hydrogens is 276 g/mol. The first-order valence-corrected chi connectivity index (χ1v) is 6.39. The van der Waals surface area contributed by atoms with E-state index in [-0.39, 0.29) is 25.5 Å². The zero-order valence-electron chi connectivity index (χ0n) is 11.8. The Bertz CT molecular complexity index is 599. The molecule has 1 aromatic rings. The monoisotopic (exact) mass is 292 g/mol. The van der Waals surface area contributed by atoms with Crippen LogP contribution in [0.4, 0.5) is 5.69 Å². The summed E-state index contributed by atoms with van der Waals surface area (Å²) in [5.74, 6) is -1.49. The van der Waals surface area contributed by atoms with Crippen LogP contribution < -0.4 is 9.64 Å². The maximum Gasteiger partial charge on any atom is 0.331 e. The van der Waals surface area contributed by atoms with Gasteiger partial charge in [-0.05, 0) is 24.6 Å². The molecule has 7 heteroatoms. The van der Waals surface area contributed by atoms with E-state index in [1.807, 2.05) is 13.0 Å². The lowest BCUT2D eigenvalue weighted by molar-refractivity contribution is -0.143. The predicted octanol–water partition coefficient (Wildman–Crippen LogP) is 0.263. The molecule has 0 saturated heterocycles. The summed E-state index contributed by atoms with van der Waals surface area (Å²) in [4.78, 5) is 36.9. The van der Waals surface area contributed by atoms with Crippen LogP contribution in [0.25, 0.3) is 0 Å². The SMILES string of the molecule is Cc1ccc2c(c1)OC(=O)CN2CC(=O)N(C)CC(=O)O. The molecule has 2 rings (SSSR count). The molecule has 21 heavy (non-hydrogen) atoms. The third kappa shape index (κ3) is 3.50. The number of carbonyl (C=O) groups is 3. The molecule has 0 spiro atoms. The quantitative estimate of drug-likeness (QED) is 0.633. The van der Waals surface area contributed by atoms with Gasteiger partial charge in [-0.1, -0.05) is 6.07 Å². The molecule has 0 bridgehead atoms. The van der Waals surface area contributed by atoms with Crippen molar-refractivity contribution >= 4 is 23.5 Å². The Morgan fingerprint density at radius 1 is 1.43 bits per heavy atom. The average Bonchev–Trinajstić information content (AvgIpc) is 2.36. The van der Waals surface area contributed by atoms with Crippen molar-refractivity contribution in [2.45, 2.75) is 6.92 Å². The third-order valence-corrected chi connectivity index (χ3v) is 3.12. The first-order valence-electron chi connectivity index (χ1n) is 6.39. The molecule has 0 aliphatic carbocycles. The van der Waals surface area contributed by atoms with E-state index in [2.05, 4.69) is 0 Å². The van der Waals surface area contributed by atoms with Crippen LogP contribution in [0.1, 0.15) is 5.56 Å². The number of amides is 1. The van der Waals surface area contributed by atoms with Gasteiger partial charge < -0.3 is 19.6 Å². The van der Waals surface area contributed by atoms with E-state index in [0.29, 0.717) is 11.4 Å². The van der Waals surface area contributed by atoms with E-state index in [1.54, 1.807) is 17.0 Å². The summed E-state index contributed by atoms with van der Waals surface area (Å²) in [5.41, 5.74) is 1.59. The van der Waals surface area contributed by atoms with Gasteiger partial charge in [0.2, 0.25) is 5.91 Å². The average molecular weight is 292 g/mol. The number of anilines is 1. The van der Waals surface area contributed by atoms with Gasteiger partial charge in [-0.2, -0.15) is 0 Å². The molecule has 0 aromatic heterocycles. The normalized spacial score (nSPS) is 13.4. The predicted molar refractivity (Wildman–Crippen MR) is 74.3 cm³/mol. The number of esters is 1. The molecule has 0 fully saturated rings. The number of carbonyl (C=O) groups excluding carboxylic acids is 2. The lowest BCUT2D eigenvalue weighted by atomic mass is 10.1. The molecule has 0 unspecified atom stereocenters. The van der Waals surface area contributed by atoms with Crippen LogP contribution in [0, 0.1) is 6.92 Å². The molecule has 0 radical (unpaired) electrons. The number of hydrogen-bond donors (Lipinski definition) is 1.